The van der Waals surface area contributed by atoms with Crippen molar-refractivity contribution >= 4 is 10.9 Å². The second-order valence-corrected chi connectivity index (χ2v) is 4.31. The van der Waals surface area contributed by atoms with Gasteiger partial charge in [-0.15, -0.1) is 0 Å². The van der Waals surface area contributed by atoms with Crippen LogP contribution in [0.15, 0.2) is 36.7 Å². The van der Waals surface area contributed by atoms with E-state index in [1.165, 1.54) is 20.3 Å². The Balaban J connectivity index is 2.18. The highest BCUT2D eigenvalue weighted by Crippen LogP contribution is 2.30. The summed E-state index contributed by atoms with van der Waals surface area (Å²) in [6.07, 6.45) is 3.20. The fourth-order valence-corrected chi connectivity index (χ4v) is 2.06. The van der Waals surface area contributed by atoms with Crippen LogP contribution in [0, 0.1) is 5.82 Å². The summed E-state index contributed by atoms with van der Waals surface area (Å²) in [5.74, 6) is 0.0228. The fourth-order valence-electron chi connectivity index (χ4n) is 2.06. The zero-order valence-corrected chi connectivity index (χ0v) is 11.5. The molecule has 106 valence electrons. The van der Waals surface area contributed by atoms with Gasteiger partial charge in [0.15, 0.2) is 0 Å². The number of rotatable bonds is 3. The standard InChI is InChI=1S/C15H12FN3O2/c1-20-14-11(8-18-15(19-14)21-2)9-6-10-12(16)4-3-5-13(10)17-7-9/h3-8H,1-2H3. The van der Waals surface area contributed by atoms with Crippen molar-refractivity contribution in [3.8, 4) is 23.0 Å². The molecule has 0 radical (unpaired) electrons. The molecule has 0 atom stereocenters. The normalized spacial score (nSPS) is 10.6. The molecule has 0 fully saturated rings. The van der Waals surface area contributed by atoms with E-state index in [9.17, 15) is 4.39 Å². The van der Waals surface area contributed by atoms with Crippen molar-refractivity contribution < 1.29 is 13.9 Å². The first-order valence-corrected chi connectivity index (χ1v) is 6.22. The minimum Gasteiger partial charge on any atom is -0.480 e. The number of ether oxygens (including phenoxy) is 2. The molecule has 0 saturated heterocycles. The van der Waals surface area contributed by atoms with Crippen LogP contribution in [-0.4, -0.2) is 29.2 Å². The van der Waals surface area contributed by atoms with Gasteiger partial charge in [0.1, 0.15) is 5.82 Å². The maximum absolute atomic E-state index is 13.9. The second-order valence-electron chi connectivity index (χ2n) is 4.31. The average molecular weight is 285 g/mol. The number of benzene rings is 1. The van der Waals surface area contributed by atoms with Gasteiger partial charge in [0.05, 0.1) is 25.3 Å². The van der Waals surface area contributed by atoms with Crippen LogP contribution in [-0.2, 0) is 0 Å². The first kappa shape index (κ1) is 13.2. The number of nitrogens with zero attached hydrogens (tertiary/aromatic N) is 3. The lowest BCUT2D eigenvalue weighted by Crippen LogP contribution is -1.98. The maximum atomic E-state index is 13.9. The lowest BCUT2D eigenvalue weighted by molar-refractivity contribution is 0.353. The summed E-state index contributed by atoms with van der Waals surface area (Å²) in [7, 11) is 2.97. The Bertz CT molecular complexity index is 808. The largest absolute Gasteiger partial charge is 0.480 e. The van der Waals surface area contributed by atoms with Gasteiger partial charge in [-0.05, 0) is 18.2 Å². The molecule has 21 heavy (non-hydrogen) atoms. The minimum absolute atomic E-state index is 0.204. The average Bonchev–Trinajstić information content (AvgIpc) is 2.54. The molecular formula is C15H12FN3O2. The first-order valence-electron chi connectivity index (χ1n) is 6.22. The van der Waals surface area contributed by atoms with Crippen molar-refractivity contribution in [2.24, 2.45) is 0 Å². The van der Waals surface area contributed by atoms with Crippen molar-refractivity contribution in [1.29, 1.82) is 0 Å². The molecular weight excluding hydrogens is 273 g/mol. The number of hydrogen-bond donors (Lipinski definition) is 0. The molecule has 6 heteroatoms. The predicted octanol–water partition coefficient (Wildman–Crippen LogP) is 2.85. The minimum atomic E-state index is -0.324. The highest BCUT2D eigenvalue weighted by Gasteiger charge is 2.12. The third-order valence-electron chi connectivity index (χ3n) is 3.09. The van der Waals surface area contributed by atoms with E-state index in [2.05, 4.69) is 15.0 Å². The van der Waals surface area contributed by atoms with E-state index in [0.717, 1.165) is 0 Å². The zero-order valence-electron chi connectivity index (χ0n) is 11.5. The molecule has 1 aromatic carbocycles. The SMILES string of the molecule is COc1ncc(-c2cnc3cccc(F)c3c2)c(OC)n1. The summed E-state index contributed by atoms with van der Waals surface area (Å²) >= 11 is 0. The summed E-state index contributed by atoms with van der Waals surface area (Å²) in [6, 6.07) is 6.68. The Hall–Kier alpha value is -2.76. The van der Waals surface area contributed by atoms with Gasteiger partial charge in [-0.2, -0.15) is 4.98 Å². The molecule has 0 bridgehead atoms. The molecule has 5 nitrogen and oxygen atoms in total. The number of pyridine rings is 1. The van der Waals surface area contributed by atoms with Crippen molar-refractivity contribution in [1.82, 2.24) is 15.0 Å². The van der Waals surface area contributed by atoms with E-state index in [1.54, 1.807) is 30.6 Å². The molecule has 0 aliphatic heterocycles. The quantitative estimate of drug-likeness (QED) is 0.740. The molecule has 0 N–H and O–H groups in total. The summed E-state index contributed by atoms with van der Waals surface area (Å²) < 4.78 is 24.1. The van der Waals surface area contributed by atoms with E-state index in [4.69, 9.17) is 9.47 Å². The first-order chi connectivity index (χ1) is 10.2. The molecule has 3 aromatic rings. The highest BCUT2D eigenvalue weighted by molar-refractivity contribution is 5.84. The van der Waals surface area contributed by atoms with Crippen LogP contribution in [0.5, 0.6) is 11.9 Å². The number of methoxy groups -OCH3 is 2. The lowest BCUT2D eigenvalue weighted by Gasteiger charge is -2.09. The van der Waals surface area contributed by atoms with E-state index in [1.807, 2.05) is 0 Å². The summed E-state index contributed by atoms with van der Waals surface area (Å²) in [5, 5.41) is 0.438. The monoisotopic (exact) mass is 285 g/mol. The van der Waals surface area contributed by atoms with Gasteiger partial charge in [0, 0.05) is 23.3 Å². The Kier molecular flexibility index (Phi) is 3.35. The number of fused-ring (bicyclic) bond motifs is 1. The van der Waals surface area contributed by atoms with E-state index in [0.29, 0.717) is 27.9 Å². The molecule has 0 aliphatic carbocycles. The van der Waals surface area contributed by atoms with Gasteiger partial charge < -0.3 is 9.47 Å². The van der Waals surface area contributed by atoms with Crippen LogP contribution in [0.1, 0.15) is 0 Å². The van der Waals surface area contributed by atoms with Crippen LogP contribution < -0.4 is 9.47 Å². The topological polar surface area (TPSA) is 57.1 Å². The van der Waals surface area contributed by atoms with Crippen molar-refractivity contribution in [3.63, 3.8) is 0 Å². The zero-order chi connectivity index (χ0) is 14.8. The van der Waals surface area contributed by atoms with Gasteiger partial charge in [-0.1, -0.05) is 6.07 Å². The fraction of sp³-hybridized carbons (Fsp3) is 0.133. The Morgan fingerprint density at radius 1 is 1.05 bits per heavy atom. The molecule has 3 rings (SSSR count). The van der Waals surface area contributed by atoms with Gasteiger partial charge in [0.2, 0.25) is 5.88 Å². The number of aromatic nitrogens is 3. The maximum Gasteiger partial charge on any atom is 0.319 e. The van der Waals surface area contributed by atoms with Crippen LogP contribution in [0.3, 0.4) is 0 Å². The van der Waals surface area contributed by atoms with E-state index >= 15 is 0 Å². The third-order valence-corrected chi connectivity index (χ3v) is 3.09. The molecule has 0 saturated carbocycles. The summed E-state index contributed by atoms with van der Waals surface area (Å²) in [4.78, 5) is 12.4. The molecule has 0 spiro atoms. The highest BCUT2D eigenvalue weighted by atomic mass is 19.1. The smallest absolute Gasteiger partial charge is 0.319 e. The van der Waals surface area contributed by atoms with Crippen LogP contribution in [0.2, 0.25) is 0 Å². The summed E-state index contributed by atoms with van der Waals surface area (Å²) in [5.41, 5.74) is 1.88. The van der Waals surface area contributed by atoms with Gasteiger partial charge >= 0.3 is 6.01 Å². The van der Waals surface area contributed by atoms with Gasteiger partial charge in [0.25, 0.3) is 0 Å². The Morgan fingerprint density at radius 3 is 2.67 bits per heavy atom. The number of hydrogen-bond acceptors (Lipinski definition) is 5. The molecule has 2 aromatic heterocycles. The van der Waals surface area contributed by atoms with Gasteiger partial charge in [-0.3, -0.25) is 4.98 Å². The molecule has 0 amide bonds. The Morgan fingerprint density at radius 2 is 1.90 bits per heavy atom. The molecule has 2 heterocycles. The predicted molar refractivity (Wildman–Crippen MR) is 75.8 cm³/mol. The van der Waals surface area contributed by atoms with Crippen molar-refractivity contribution in [2.75, 3.05) is 14.2 Å². The van der Waals surface area contributed by atoms with Crippen LogP contribution in [0.25, 0.3) is 22.0 Å². The van der Waals surface area contributed by atoms with Crippen molar-refractivity contribution in [2.45, 2.75) is 0 Å². The Labute approximate surface area is 120 Å². The third kappa shape index (κ3) is 2.35. The van der Waals surface area contributed by atoms with E-state index in [-0.39, 0.29) is 11.8 Å². The van der Waals surface area contributed by atoms with Crippen molar-refractivity contribution in [3.05, 3.63) is 42.5 Å². The summed E-state index contributed by atoms with van der Waals surface area (Å²) in [6.45, 7) is 0. The molecule has 0 unspecified atom stereocenters. The number of halogens is 1. The van der Waals surface area contributed by atoms with E-state index < -0.39 is 0 Å². The molecule has 0 aliphatic rings. The lowest BCUT2D eigenvalue weighted by atomic mass is 10.1. The van der Waals surface area contributed by atoms with Crippen LogP contribution >= 0.6 is 0 Å². The second kappa shape index (κ2) is 5.32. The van der Waals surface area contributed by atoms with Gasteiger partial charge in [-0.25, -0.2) is 9.37 Å². The van der Waals surface area contributed by atoms with Crippen LogP contribution in [0.4, 0.5) is 4.39 Å².